The van der Waals surface area contributed by atoms with E-state index in [9.17, 15) is 14.9 Å². The minimum Gasteiger partial charge on any atom is -0.383 e. The number of thioether (sulfide) groups is 1. The molecule has 1 fully saturated rings. The summed E-state index contributed by atoms with van der Waals surface area (Å²) < 4.78 is -0.0309. The Balaban J connectivity index is 2.29. The highest BCUT2D eigenvalue weighted by molar-refractivity contribution is 8.00. The van der Waals surface area contributed by atoms with Gasteiger partial charge in [-0.05, 0) is 13.8 Å². The number of nitrogens with two attached hydrogens (primary N) is 1. The van der Waals surface area contributed by atoms with E-state index >= 15 is 0 Å². The van der Waals surface area contributed by atoms with Crippen LogP contribution in [0.2, 0.25) is 0 Å². The monoisotopic (exact) mass is 296 g/mol. The van der Waals surface area contributed by atoms with Crippen LogP contribution in [0.15, 0.2) is 12.3 Å². The van der Waals surface area contributed by atoms with Crippen molar-refractivity contribution in [3.05, 3.63) is 27.9 Å². The van der Waals surface area contributed by atoms with Crippen LogP contribution in [0, 0.1) is 10.1 Å². The highest BCUT2D eigenvalue weighted by Crippen LogP contribution is 2.30. The summed E-state index contributed by atoms with van der Waals surface area (Å²) in [5.41, 5.74) is 5.55. The van der Waals surface area contributed by atoms with E-state index in [1.54, 1.807) is 16.7 Å². The van der Waals surface area contributed by atoms with Gasteiger partial charge in [0.25, 0.3) is 11.6 Å². The fourth-order valence-corrected chi connectivity index (χ4v) is 3.21. The first kappa shape index (κ1) is 14.6. The van der Waals surface area contributed by atoms with Crippen LogP contribution in [-0.4, -0.2) is 44.3 Å². The first-order valence-corrected chi connectivity index (χ1v) is 7.12. The summed E-state index contributed by atoms with van der Waals surface area (Å²) in [6, 6.07) is 1.19. The van der Waals surface area contributed by atoms with Crippen molar-refractivity contribution >= 4 is 29.2 Å². The van der Waals surface area contributed by atoms with Gasteiger partial charge in [-0.15, -0.1) is 0 Å². The van der Waals surface area contributed by atoms with Gasteiger partial charge < -0.3 is 10.6 Å². The SMILES string of the molecule is CC1(C)CN(C(=O)c2cc([N+](=O)[O-])cnc2N)CCS1. The lowest BCUT2D eigenvalue weighted by Crippen LogP contribution is -2.46. The normalized spacial score (nSPS) is 17.8. The van der Waals surface area contributed by atoms with E-state index < -0.39 is 4.92 Å². The molecule has 1 aliphatic rings. The molecule has 2 rings (SSSR count). The van der Waals surface area contributed by atoms with Gasteiger partial charge in [0.1, 0.15) is 12.0 Å². The van der Waals surface area contributed by atoms with E-state index in [-0.39, 0.29) is 27.7 Å². The van der Waals surface area contributed by atoms with Crippen LogP contribution in [0.4, 0.5) is 11.5 Å². The molecular formula is C12H16N4O3S. The van der Waals surface area contributed by atoms with Crippen molar-refractivity contribution in [2.75, 3.05) is 24.6 Å². The summed E-state index contributed by atoms with van der Waals surface area (Å²) in [4.78, 5) is 28.0. The van der Waals surface area contributed by atoms with Crippen molar-refractivity contribution in [2.24, 2.45) is 0 Å². The summed E-state index contributed by atoms with van der Waals surface area (Å²) >= 11 is 1.80. The Morgan fingerprint density at radius 3 is 2.90 bits per heavy atom. The minimum absolute atomic E-state index is 0.0247. The van der Waals surface area contributed by atoms with E-state index in [0.717, 1.165) is 11.9 Å². The molecule has 2 N–H and O–H groups in total. The summed E-state index contributed by atoms with van der Waals surface area (Å²) in [5.74, 6) is 0.560. The zero-order chi connectivity index (χ0) is 14.9. The number of anilines is 1. The maximum atomic E-state index is 12.5. The average molecular weight is 296 g/mol. The number of carbonyl (C=O) groups is 1. The third kappa shape index (κ3) is 3.01. The van der Waals surface area contributed by atoms with Crippen LogP contribution in [0.25, 0.3) is 0 Å². The second kappa shape index (κ2) is 5.28. The molecule has 0 spiro atoms. The molecule has 108 valence electrons. The molecule has 7 nitrogen and oxygen atoms in total. The van der Waals surface area contributed by atoms with Crippen LogP contribution < -0.4 is 5.73 Å². The van der Waals surface area contributed by atoms with Crippen LogP contribution in [0.5, 0.6) is 0 Å². The Kier molecular flexibility index (Phi) is 3.85. The smallest absolute Gasteiger partial charge is 0.288 e. The van der Waals surface area contributed by atoms with Gasteiger partial charge in [0.05, 0.1) is 10.5 Å². The molecule has 1 aliphatic heterocycles. The van der Waals surface area contributed by atoms with Crippen molar-refractivity contribution < 1.29 is 9.72 Å². The van der Waals surface area contributed by atoms with Gasteiger partial charge >= 0.3 is 0 Å². The van der Waals surface area contributed by atoms with Gasteiger partial charge in [0.15, 0.2) is 0 Å². The number of rotatable bonds is 2. The highest BCUT2D eigenvalue weighted by atomic mass is 32.2. The number of hydrogen-bond donors (Lipinski definition) is 1. The largest absolute Gasteiger partial charge is 0.383 e. The van der Waals surface area contributed by atoms with Crippen molar-refractivity contribution in [1.29, 1.82) is 0 Å². The molecule has 0 bridgehead atoms. The molecule has 20 heavy (non-hydrogen) atoms. The van der Waals surface area contributed by atoms with Crippen LogP contribution in [0.3, 0.4) is 0 Å². The molecule has 0 atom stereocenters. The Morgan fingerprint density at radius 1 is 1.60 bits per heavy atom. The summed E-state index contributed by atoms with van der Waals surface area (Å²) in [7, 11) is 0. The van der Waals surface area contributed by atoms with Crippen LogP contribution in [0.1, 0.15) is 24.2 Å². The quantitative estimate of drug-likeness (QED) is 0.656. The third-order valence-electron chi connectivity index (χ3n) is 3.06. The van der Waals surface area contributed by atoms with Gasteiger partial charge in [-0.2, -0.15) is 11.8 Å². The lowest BCUT2D eigenvalue weighted by atomic mass is 10.1. The third-order valence-corrected chi connectivity index (χ3v) is 4.36. The zero-order valence-corrected chi connectivity index (χ0v) is 12.1. The average Bonchev–Trinajstić information content (AvgIpc) is 2.37. The van der Waals surface area contributed by atoms with Gasteiger partial charge in [0, 0.05) is 29.7 Å². The van der Waals surface area contributed by atoms with Crippen molar-refractivity contribution in [3.63, 3.8) is 0 Å². The number of hydrogen-bond acceptors (Lipinski definition) is 6. The van der Waals surface area contributed by atoms with E-state index in [2.05, 4.69) is 18.8 Å². The number of amides is 1. The van der Waals surface area contributed by atoms with E-state index in [0.29, 0.717) is 13.1 Å². The summed E-state index contributed by atoms with van der Waals surface area (Å²) in [6.07, 6.45) is 1.06. The zero-order valence-electron chi connectivity index (χ0n) is 11.3. The molecule has 2 heterocycles. The lowest BCUT2D eigenvalue weighted by molar-refractivity contribution is -0.385. The maximum absolute atomic E-state index is 12.5. The fourth-order valence-electron chi connectivity index (χ4n) is 2.10. The second-order valence-corrected chi connectivity index (χ2v) is 7.02. The lowest BCUT2D eigenvalue weighted by Gasteiger charge is -2.37. The van der Waals surface area contributed by atoms with Gasteiger partial charge in [-0.3, -0.25) is 14.9 Å². The number of aromatic nitrogens is 1. The first-order chi connectivity index (χ1) is 9.30. The molecule has 0 aromatic carbocycles. The molecular weight excluding hydrogens is 280 g/mol. The predicted octanol–water partition coefficient (Wildman–Crippen LogP) is 1.54. The fraction of sp³-hybridized carbons (Fsp3) is 0.500. The molecule has 8 heteroatoms. The topological polar surface area (TPSA) is 102 Å². The van der Waals surface area contributed by atoms with E-state index in [1.807, 2.05) is 0 Å². The van der Waals surface area contributed by atoms with Gasteiger partial charge in [-0.25, -0.2) is 4.98 Å². The van der Waals surface area contributed by atoms with E-state index in [4.69, 9.17) is 5.73 Å². The van der Waals surface area contributed by atoms with Gasteiger partial charge in [0.2, 0.25) is 0 Å². The van der Waals surface area contributed by atoms with Gasteiger partial charge in [-0.1, -0.05) is 0 Å². The minimum atomic E-state index is -0.584. The second-order valence-electron chi connectivity index (χ2n) is 5.22. The van der Waals surface area contributed by atoms with Crippen molar-refractivity contribution in [2.45, 2.75) is 18.6 Å². The maximum Gasteiger partial charge on any atom is 0.288 e. The molecule has 1 amide bonds. The molecule has 1 saturated heterocycles. The highest BCUT2D eigenvalue weighted by Gasteiger charge is 2.31. The first-order valence-electron chi connectivity index (χ1n) is 6.13. The number of nitrogen functional groups attached to an aromatic ring is 1. The van der Waals surface area contributed by atoms with Crippen LogP contribution >= 0.6 is 11.8 Å². The molecule has 0 aliphatic carbocycles. The number of carbonyl (C=O) groups excluding carboxylic acids is 1. The number of nitrogens with zero attached hydrogens (tertiary/aromatic N) is 3. The Bertz CT molecular complexity index is 562. The van der Waals surface area contributed by atoms with Crippen LogP contribution in [-0.2, 0) is 0 Å². The number of pyridine rings is 1. The molecule has 0 unspecified atom stereocenters. The Hall–Kier alpha value is -1.83. The summed E-state index contributed by atoms with van der Waals surface area (Å²) in [5, 5.41) is 10.8. The van der Waals surface area contributed by atoms with E-state index in [1.165, 1.54) is 6.07 Å². The Morgan fingerprint density at radius 2 is 2.30 bits per heavy atom. The molecule has 1 aromatic rings. The molecule has 0 saturated carbocycles. The predicted molar refractivity (Wildman–Crippen MR) is 77.7 cm³/mol. The molecule has 0 radical (unpaired) electrons. The Labute approximate surface area is 120 Å². The van der Waals surface area contributed by atoms with Crippen molar-refractivity contribution in [1.82, 2.24) is 9.88 Å². The number of nitro groups is 1. The standard InChI is InChI=1S/C12H16N4O3S/c1-12(2)7-15(3-4-20-12)11(17)9-5-8(16(18)19)6-14-10(9)13/h5-6H,3-4,7H2,1-2H3,(H2,13,14). The molecule has 1 aromatic heterocycles. The van der Waals surface area contributed by atoms with Crippen molar-refractivity contribution in [3.8, 4) is 0 Å². The summed E-state index contributed by atoms with van der Waals surface area (Å²) in [6.45, 7) is 5.31.